The number of amides is 2. The standard InChI is InChI=1S/C25H27F3N4O3/c1-35-14-11-30-24(34)22-17-31(20-9-8-19(16-29)21(15-20)25(26,27)28)12-13-32(22)23(33)10-7-18-5-3-2-4-6-18/h2-6,8-9,15,22H,7,10-14,17H2,1H3,(H,30,34). The lowest BCUT2D eigenvalue weighted by atomic mass is 10.0. The molecule has 3 rings (SSSR count). The molecule has 1 aliphatic heterocycles. The normalized spacial score (nSPS) is 16.0. The van der Waals surface area contributed by atoms with E-state index >= 15 is 0 Å². The zero-order valence-electron chi connectivity index (χ0n) is 19.3. The van der Waals surface area contributed by atoms with E-state index in [9.17, 15) is 22.8 Å². The van der Waals surface area contributed by atoms with E-state index in [4.69, 9.17) is 10.00 Å². The SMILES string of the molecule is COCCNC(=O)C1CN(c2ccc(C#N)c(C(F)(F)F)c2)CCN1C(=O)CCc1ccccc1. The Kier molecular flexibility index (Phi) is 8.71. The molecule has 1 fully saturated rings. The molecule has 0 saturated carbocycles. The Balaban J connectivity index is 1.79. The van der Waals surface area contributed by atoms with Crippen molar-refractivity contribution < 1.29 is 27.5 Å². The zero-order chi connectivity index (χ0) is 25.4. The Hall–Kier alpha value is -3.58. The van der Waals surface area contributed by atoms with Gasteiger partial charge in [0.2, 0.25) is 11.8 Å². The maximum Gasteiger partial charge on any atom is 0.417 e. The smallest absolute Gasteiger partial charge is 0.383 e. The van der Waals surface area contributed by atoms with Crippen LogP contribution in [0.2, 0.25) is 0 Å². The van der Waals surface area contributed by atoms with E-state index in [1.165, 1.54) is 18.1 Å². The van der Waals surface area contributed by atoms with Crippen molar-refractivity contribution in [3.05, 3.63) is 65.2 Å². The van der Waals surface area contributed by atoms with Crippen LogP contribution in [0.15, 0.2) is 48.5 Å². The average molecular weight is 489 g/mol. The minimum Gasteiger partial charge on any atom is -0.383 e. The molecule has 10 heteroatoms. The number of anilines is 1. The van der Waals surface area contributed by atoms with Crippen molar-refractivity contribution in [3.8, 4) is 6.07 Å². The number of hydrogen-bond acceptors (Lipinski definition) is 5. The van der Waals surface area contributed by atoms with Crippen molar-refractivity contribution in [3.63, 3.8) is 0 Å². The van der Waals surface area contributed by atoms with Gasteiger partial charge < -0.3 is 19.9 Å². The Morgan fingerprint density at radius 1 is 1.17 bits per heavy atom. The highest BCUT2D eigenvalue weighted by Gasteiger charge is 2.37. The summed E-state index contributed by atoms with van der Waals surface area (Å²) in [6.07, 6.45) is -3.96. The number of aryl methyl sites for hydroxylation is 1. The maximum atomic E-state index is 13.5. The number of ether oxygens (including phenoxy) is 1. The van der Waals surface area contributed by atoms with E-state index < -0.39 is 29.3 Å². The number of halogens is 3. The molecule has 1 heterocycles. The number of nitrogens with zero attached hydrogens (tertiary/aromatic N) is 3. The summed E-state index contributed by atoms with van der Waals surface area (Å²) >= 11 is 0. The minimum absolute atomic E-state index is 0.0269. The van der Waals surface area contributed by atoms with E-state index in [2.05, 4.69) is 5.32 Å². The van der Waals surface area contributed by atoms with Crippen molar-refractivity contribution in [2.24, 2.45) is 0 Å². The van der Waals surface area contributed by atoms with E-state index in [1.807, 2.05) is 30.3 Å². The molecule has 1 aliphatic rings. The lowest BCUT2D eigenvalue weighted by Crippen LogP contribution is -2.61. The monoisotopic (exact) mass is 488 g/mol. The van der Waals surface area contributed by atoms with Gasteiger partial charge in [0.15, 0.2) is 0 Å². The first-order valence-electron chi connectivity index (χ1n) is 11.2. The fourth-order valence-electron chi connectivity index (χ4n) is 4.03. The highest BCUT2D eigenvalue weighted by molar-refractivity contribution is 5.89. The number of rotatable bonds is 8. The number of carbonyl (C=O) groups excluding carboxylic acids is 2. The van der Waals surface area contributed by atoms with Gasteiger partial charge in [-0.3, -0.25) is 9.59 Å². The van der Waals surface area contributed by atoms with E-state index in [1.54, 1.807) is 11.0 Å². The molecule has 1 saturated heterocycles. The number of piperazine rings is 1. The molecule has 2 aromatic rings. The van der Waals surface area contributed by atoms with Gasteiger partial charge >= 0.3 is 6.18 Å². The summed E-state index contributed by atoms with van der Waals surface area (Å²) < 4.78 is 45.3. The second-order valence-corrected chi connectivity index (χ2v) is 8.16. The molecule has 0 spiro atoms. The Morgan fingerprint density at radius 2 is 1.91 bits per heavy atom. The van der Waals surface area contributed by atoms with Crippen LogP contribution in [-0.2, 0) is 26.9 Å². The molecular weight excluding hydrogens is 461 g/mol. The zero-order valence-corrected chi connectivity index (χ0v) is 19.3. The first-order valence-corrected chi connectivity index (χ1v) is 11.2. The van der Waals surface area contributed by atoms with E-state index in [-0.39, 0.29) is 50.8 Å². The van der Waals surface area contributed by atoms with Gasteiger partial charge in [-0.05, 0) is 30.2 Å². The molecule has 2 aromatic carbocycles. The van der Waals surface area contributed by atoms with E-state index in [0.29, 0.717) is 6.42 Å². The molecule has 0 aromatic heterocycles. The summed E-state index contributed by atoms with van der Waals surface area (Å²) in [4.78, 5) is 29.1. The van der Waals surface area contributed by atoms with Crippen LogP contribution in [0.1, 0.15) is 23.1 Å². The molecule has 1 atom stereocenters. The van der Waals surface area contributed by atoms with Gasteiger partial charge in [0.25, 0.3) is 0 Å². The van der Waals surface area contributed by atoms with E-state index in [0.717, 1.165) is 17.7 Å². The minimum atomic E-state index is -4.69. The molecule has 7 nitrogen and oxygen atoms in total. The Labute approximate surface area is 202 Å². The molecule has 0 bridgehead atoms. The largest absolute Gasteiger partial charge is 0.417 e. The van der Waals surface area contributed by atoms with Crippen molar-refractivity contribution in [1.29, 1.82) is 5.26 Å². The molecule has 186 valence electrons. The Bertz CT molecular complexity index is 1070. The van der Waals surface area contributed by atoms with Crippen molar-refractivity contribution >= 4 is 17.5 Å². The Morgan fingerprint density at radius 3 is 2.57 bits per heavy atom. The highest BCUT2D eigenvalue weighted by atomic mass is 19.4. The second-order valence-electron chi connectivity index (χ2n) is 8.16. The lowest BCUT2D eigenvalue weighted by molar-refractivity contribution is -0.141. The van der Waals surface area contributed by atoms with Gasteiger partial charge in [0, 0.05) is 45.4 Å². The summed E-state index contributed by atoms with van der Waals surface area (Å²) in [5, 5.41) is 11.8. The third-order valence-corrected chi connectivity index (χ3v) is 5.87. The van der Waals surface area contributed by atoms with Gasteiger partial charge in [-0.2, -0.15) is 18.4 Å². The van der Waals surface area contributed by atoms with Gasteiger partial charge in [-0.15, -0.1) is 0 Å². The van der Waals surface area contributed by atoms with Crippen molar-refractivity contribution in [2.75, 3.05) is 44.8 Å². The van der Waals surface area contributed by atoms with Gasteiger partial charge in [-0.25, -0.2) is 0 Å². The quantitative estimate of drug-likeness (QED) is 0.578. The third kappa shape index (κ3) is 6.73. The molecule has 35 heavy (non-hydrogen) atoms. The number of carbonyl (C=O) groups is 2. The van der Waals surface area contributed by atoms with Crippen molar-refractivity contribution in [2.45, 2.75) is 25.1 Å². The fraction of sp³-hybridized carbons (Fsp3) is 0.400. The number of nitriles is 1. The van der Waals surface area contributed by atoms with Crippen LogP contribution < -0.4 is 10.2 Å². The predicted molar refractivity (Wildman–Crippen MR) is 124 cm³/mol. The molecule has 1 unspecified atom stereocenters. The van der Waals surface area contributed by atoms with Crippen LogP contribution >= 0.6 is 0 Å². The van der Waals surface area contributed by atoms with Crippen LogP contribution in [0.3, 0.4) is 0 Å². The summed E-state index contributed by atoms with van der Waals surface area (Å²) in [6, 6.07) is 13.7. The van der Waals surface area contributed by atoms with Crippen LogP contribution in [0.4, 0.5) is 18.9 Å². The molecule has 0 aliphatic carbocycles. The topological polar surface area (TPSA) is 85.7 Å². The molecule has 2 amide bonds. The predicted octanol–water partition coefficient (Wildman–Crippen LogP) is 2.99. The summed E-state index contributed by atoms with van der Waals surface area (Å²) in [5.41, 5.74) is -0.259. The van der Waals surface area contributed by atoms with Gasteiger partial charge in [-0.1, -0.05) is 30.3 Å². The van der Waals surface area contributed by atoms with Crippen LogP contribution in [0.25, 0.3) is 0 Å². The number of alkyl halides is 3. The summed E-state index contributed by atoms with van der Waals surface area (Å²) in [7, 11) is 1.50. The van der Waals surface area contributed by atoms with Crippen molar-refractivity contribution in [1.82, 2.24) is 10.2 Å². The number of hydrogen-bond donors (Lipinski definition) is 1. The van der Waals surface area contributed by atoms with Gasteiger partial charge in [0.05, 0.1) is 23.8 Å². The lowest BCUT2D eigenvalue weighted by Gasteiger charge is -2.41. The third-order valence-electron chi connectivity index (χ3n) is 5.87. The van der Waals surface area contributed by atoms with Crippen LogP contribution in [0.5, 0.6) is 0 Å². The molecular formula is C25H27F3N4O3. The summed E-state index contributed by atoms with van der Waals surface area (Å²) in [5.74, 6) is -0.597. The maximum absolute atomic E-state index is 13.5. The average Bonchev–Trinajstić information content (AvgIpc) is 2.86. The van der Waals surface area contributed by atoms with Gasteiger partial charge in [0.1, 0.15) is 6.04 Å². The number of nitrogens with one attached hydrogen (secondary N) is 1. The molecule has 0 radical (unpaired) electrons. The molecule has 1 N–H and O–H groups in total. The highest BCUT2D eigenvalue weighted by Crippen LogP contribution is 2.35. The fourth-order valence-corrected chi connectivity index (χ4v) is 4.03. The second kappa shape index (κ2) is 11.7. The summed E-state index contributed by atoms with van der Waals surface area (Å²) in [6.45, 7) is 0.986. The van der Waals surface area contributed by atoms with Crippen LogP contribution in [-0.4, -0.2) is 62.7 Å². The number of methoxy groups -OCH3 is 1. The first kappa shape index (κ1) is 26.0. The first-order chi connectivity index (χ1) is 16.7. The van der Waals surface area contributed by atoms with Crippen LogP contribution in [0, 0.1) is 11.3 Å². The number of benzene rings is 2.